The van der Waals surface area contributed by atoms with Gasteiger partial charge in [0, 0.05) is 12.6 Å². The van der Waals surface area contributed by atoms with Gasteiger partial charge in [-0.05, 0) is 29.7 Å². The topological polar surface area (TPSA) is 75.5 Å². The van der Waals surface area contributed by atoms with Crippen LogP contribution in [0.4, 0.5) is 11.4 Å². The van der Waals surface area contributed by atoms with Gasteiger partial charge < -0.3 is 5.32 Å². The lowest BCUT2D eigenvalue weighted by Crippen LogP contribution is -2.30. The van der Waals surface area contributed by atoms with Gasteiger partial charge >= 0.3 is 0 Å². The van der Waals surface area contributed by atoms with E-state index in [9.17, 15) is 14.9 Å². The molecule has 0 bridgehead atoms. The fourth-order valence-corrected chi connectivity index (χ4v) is 2.65. The van der Waals surface area contributed by atoms with E-state index in [1.54, 1.807) is 12.1 Å². The summed E-state index contributed by atoms with van der Waals surface area (Å²) in [7, 11) is 1.84. The third-order valence-corrected chi connectivity index (χ3v) is 4.06. The van der Waals surface area contributed by atoms with Gasteiger partial charge in [0.1, 0.15) is 5.69 Å². The molecule has 2 aromatic rings. The minimum atomic E-state index is -0.504. The van der Waals surface area contributed by atoms with Crippen LogP contribution in [0.1, 0.15) is 31.9 Å². The van der Waals surface area contributed by atoms with Crippen LogP contribution in [0.2, 0.25) is 0 Å². The maximum Gasteiger partial charge on any atom is 0.292 e. The number of hydrogen-bond acceptors (Lipinski definition) is 4. The molecule has 1 N–H and O–H groups in total. The zero-order chi connectivity index (χ0) is 19.3. The highest BCUT2D eigenvalue weighted by Crippen LogP contribution is 2.24. The molecule has 0 atom stereocenters. The van der Waals surface area contributed by atoms with E-state index in [-0.39, 0.29) is 29.2 Å². The number of carbonyl (C=O) groups excluding carboxylic acids is 1. The summed E-state index contributed by atoms with van der Waals surface area (Å²) in [6.07, 6.45) is 0. The summed E-state index contributed by atoms with van der Waals surface area (Å²) in [5.74, 6) is -0.284. The summed E-state index contributed by atoms with van der Waals surface area (Å²) in [5.41, 5.74) is 2.58. The molecule has 0 aliphatic rings. The van der Waals surface area contributed by atoms with E-state index >= 15 is 0 Å². The maximum absolute atomic E-state index is 12.2. The van der Waals surface area contributed by atoms with Crippen LogP contribution in [-0.2, 0) is 16.8 Å². The summed E-state index contributed by atoms with van der Waals surface area (Å²) < 4.78 is 0. The first kappa shape index (κ1) is 19.6. The van der Waals surface area contributed by atoms with E-state index < -0.39 is 4.92 Å². The van der Waals surface area contributed by atoms with E-state index in [4.69, 9.17) is 0 Å². The smallest absolute Gasteiger partial charge is 0.292 e. The van der Waals surface area contributed by atoms with Crippen LogP contribution in [0.5, 0.6) is 0 Å². The van der Waals surface area contributed by atoms with Gasteiger partial charge in [0.15, 0.2) is 0 Å². The van der Waals surface area contributed by atoms with Gasteiger partial charge in [0.25, 0.3) is 5.69 Å². The van der Waals surface area contributed by atoms with Crippen molar-refractivity contribution in [3.05, 3.63) is 69.8 Å². The van der Waals surface area contributed by atoms with E-state index in [2.05, 4.69) is 50.4 Å². The Morgan fingerprint density at radius 2 is 1.73 bits per heavy atom. The predicted octanol–water partition coefficient (Wildman–Crippen LogP) is 3.96. The molecule has 26 heavy (non-hydrogen) atoms. The second-order valence-electron chi connectivity index (χ2n) is 7.44. The summed E-state index contributed by atoms with van der Waals surface area (Å²) >= 11 is 0. The fourth-order valence-electron chi connectivity index (χ4n) is 2.65. The fraction of sp³-hybridized carbons (Fsp3) is 0.350. The highest BCUT2D eigenvalue weighted by Gasteiger charge is 2.16. The molecule has 0 heterocycles. The van der Waals surface area contributed by atoms with Crippen molar-refractivity contribution in [2.75, 3.05) is 18.9 Å². The van der Waals surface area contributed by atoms with Crippen LogP contribution in [0.3, 0.4) is 0 Å². The molecule has 0 spiro atoms. The van der Waals surface area contributed by atoms with Crippen molar-refractivity contribution in [3.63, 3.8) is 0 Å². The highest BCUT2D eigenvalue weighted by atomic mass is 16.6. The van der Waals surface area contributed by atoms with Crippen LogP contribution in [0.15, 0.2) is 48.5 Å². The quantitative estimate of drug-likeness (QED) is 0.628. The number of hydrogen-bond donors (Lipinski definition) is 1. The number of likely N-dealkylation sites (N-methyl/N-ethyl adjacent to an activating group) is 1. The molecule has 6 nitrogen and oxygen atoms in total. The Labute approximate surface area is 154 Å². The summed E-state index contributed by atoms with van der Waals surface area (Å²) in [5, 5.41) is 13.6. The predicted molar refractivity (Wildman–Crippen MR) is 103 cm³/mol. The van der Waals surface area contributed by atoms with Gasteiger partial charge in [0.2, 0.25) is 5.91 Å². The normalized spacial score (nSPS) is 11.4. The molecule has 0 aromatic heterocycles. The standard InChI is InChI=1S/C20H25N3O3/c1-20(2,3)16-11-9-15(10-12-16)13-22(4)14-19(24)21-17-7-5-6-8-18(17)23(25)26/h5-12H,13-14H2,1-4H3,(H,21,24). The Balaban J connectivity index is 1.94. The monoisotopic (exact) mass is 355 g/mol. The molecule has 138 valence electrons. The van der Waals surface area contributed by atoms with E-state index in [1.807, 2.05) is 11.9 Å². The van der Waals surface area contributed by atoms with Crippen molar-refractivity contribution in [2.24, 2.45) is 0 Å². The number of nitro groups is 1. The number of nitrogens with zero attached hydrogens (tertiary/aromatic N) is 2. The van der Waals surface area contributed by atoms with E-state index in [1.165, 1.54) is 17.7 Å². The van der Waals surface area contributed by atoms with Crippen molar-refractivity contribution in [3.8, 4) is 0 Å². The largest absolute Gasteiger partial charge is 0.319 e. The number of rotatable bonds is 6. The zero-order valence-electron chi connectivity index (χ0n) is 15.7. The lowest BCUT2D eigenvalue weighted by Gasteiger charge is -2.20. The number of carbonyl (C=O) groups is 1. The molecule has 1 amide bonds. The van der Waals surface area contributed by atoms with Crippen molar-refractivity contribution < 1.29 is 9.72 Å². The Bertz CT molecular complexity index is 780. The van der Waals surface area contributed by atoms with Gasteiger partial charge in [-0.15, -0.1) is 0 Å². The second-order valence-corrected chi connectivity index (χ2v) is 7.44. The Morgan fingerprint density at radius 3 is 2.31 bits per heavy atom. The number of anilines is 1. The highest BCUT2D eigenvalue weighted by molar-refractivity contribution is 5.94. The van der Waals surface area contributed by atoms with Crippen LogP contribution >= 0.6 is 0 Å². The molecule has 0 radical (unpaired) electrons. The minimum absolute atomic E-state index is 0.106. The van der Waals surface area contributed by atoms with Gasteiger partial charge in [0.05, 0.1) is 11.5 Å². The van der Waals surface area contributed by atoms with Gasteiger partial charge in [-0.2, -0.15) is 0 Å². The molecule has 2 aromatic carbocycles. The van der Waals surface area contributed by atoms with Crippen molar-refractivity contribution in [2.45, 2.75) is 32.7 Å². The first-order chi connectivity index (χ1) is 12.2. The number of nitrogens with one attached hydrogen (secondary N) is 1. The van der Waals surface area contributed by atoms with Gasteiger partial charge in [-0.1, -0.05) is 57.2 Å². The SMILES string of the molecule is CN(CC(=O)Nc1ccccc1[N+](=O)[O-])Cc1ccc(C(C)(C)C)cc1. The molecule has 2 rings (SSSR count). The maximum atomic E-state index is 12.2. The number of benzene rings is 2. The number of nitro benzene ring substituents is 1. The summed E-state index contributed by atoms with van der Waals surface area (Å²) in [4.78, 5) is 24.6. The Kier molecular flexibility index (Phi) is 6.10. The van der Waals surface area contributed by atoms with E-state index in [0.717, 1.165) is 5.56 Å². The van der Waals surface area contributed by atoms with Gasteiger partial charge in [-0.3, -0.25) is 19.8 Å². The van der Waals surface area contributed by atoms with Crippen LogP contribution in [0, 0.1) is 10.1 Å². The summed E-state index contributed by atoms with van der Waals surface area (Å²) in [6.45, 7) is 7.27. The molecule has 0 unspecified atom stereocenters. The van der Waals surface area contributed by atoms with Gasteiger partial charge in [-0.25, -0.2) is 0 Å². The molecule has 0 saturated carbocycles. The zero-order valence-corrected chi connectivity index (χ0v) is 15.7. The number of amides is 1. The molecular formula is C20H25N3O3. The van der Waals surface area contributed by atoms with E-state index in [0.29, 0.717) is 6.54 Å². The minimum Gasteiger partial charge on any atom is -0.319 e. The lowest BCUT2D eigenvalue weighted by molar-refractivity contribution is -0.383. The third kappa shape index (κ3) is 5.39. The summed E-state index contributed by atoms with van der Waals surface area (Å²) in [6, 6.07) is 14.5. The molecular weight excluding hydrogens is 330 g/mol. The molecule has 0 aliphatic carbocycles. The Hall–Kier alpha value is -2.73. The molecule has 0 saturated heterocycles. The van der Waals surface area contributed by atoms with Crippen molar-refractivity contribution in [1.82, 2.24) is 4.90 Å². The number of para-hydroxylation sites is 2. The first-order valence-corrected chi connectivity index (χ1v) is 8.48. The molecule has 6 heteroatoms. The lowest BCUT2D eigenvalue weighted by atomic mass is 9.87. The van der Waals surface area contributed by atoms with Crippen molar-refractivity contribution >= 4 is 17.3 Å². The Morgan fingerprint density at radius 1 is 1.12 bits per heavy atom. The third-order valence-electron chi connectivity index (χ3n) is 4.06. The average Bonchev–Trinajstić information content (AvgIpc) is 2.54. The molecule has 0 aliphatic heterocycles. The van der Waals surface area contributed by atoms with Crippen molar-refractivity contribution in [1.29, 1.82) is 0 Å². The molecule has 0 fully saturated rings. The second kappa shape index (κ2) is 8.10. The van der Waals surface area contributed by atoms with Crippen LogP contribution in [-0.4, -0.2) is 29.3 Å². The average molecular weight is 355 g/mol. The first-order valence-electron chi connectivity index (χ1n) is 8.48. The van der Waals surface area contributed by atoms with Crippen LogP contribution in [0.25, 0.3) is 0 Å². The van der Waals surface area contributed by atoms with Crippen LogP contribution < -0.4 is 5.32 Å².